The number of nitrogens with zero attached hydrogens (tertiary/aromatic N) is 1. The van der Waals surface area contributed by atoms with E-state index in [9.17, 15) is 26.7 Å². The highest BCUT2D eigenvalue weighted by atomic mass is 19.4. The fourth-order valence-electron chi connectivity index (χ4n) is 2.32. The molecule has 0 unspecified atom stereocenters. The van der Waals surface area contributed by atoms with Crippen LogP contribution in [-0.4, -0.2) is 10.9 Å². The molecule has 0 aliphatic carbocycles. The van der Waals surface area contributed by atoms with E-state index in [4.69, 9.17) is 0 Å². The van der Waals surface area contributed by atoms with E-state index < -0.39 is 29.3 Å². The number of nitrogens with one attached hydrogen (secondary N) is 2. The monoisotopic (exact) mass is 393 g/mol. The number of aromatic nitrogens is 1. The first-order valence-corrected chi connectivity index (χ1v) is 7.89. The van der Waals surface area contributed by atoms with Gasteiger partial charge in [0.15, 0.2) is 0 Å². The smallest absolute Gasteiger partial charge is 0.353 e. The highest BCUT2D eigenvalue weighted by Crippen LogP contribution is 2.30. The van der Waals surface area contributed by atoms with Gasteiger partial charge in [-0.3, -0.25) is 9.78 Å². The molecular formula is C19H12F5N3O. The maximum Gasteiger partial charge on any atom is 0.416 e. The Bertz CT molecular complexity index is 1000. The minimum atomic E-state index is -4.47. The first kappa shape index (κ1) is 19.3. The first-order chi connectivity index (χ1) is 13.2. The molecule has 2 aromatic carbocycles. The van der Waals surface area contributed by atoms with Crippen LogP contribution in [0.15, 0.2) is 60.8 Å². The van der Waals surface area contributed by atoms with Gasteiger partial charge in [0.25, 0.3) is 5.91 Å². The molecule has 0 aliphatic heterocycles. The molecule has 144 valence electrons. The van der Waals surface area contributed by atoms with E-state index in [0.717, 1.165) is 30.3 Å². The number of pyridine rings is 1. The Kier molecular flexibility index (Phi) is 5.25. The zero-order chi connectivity index (χ0) is 20.3. The van der Waals surface area contributed by atoms with Crippen LogP contribution in [0.3, 0.4) is 0 Å². The van der Waals surface area contributed by atoms with Gasteiger partial charge in [-0.25, -0.2) is 8.78 Å². The van der Waals surface area contributed by atoms with E-state index in [1.54, 1.807) is 0 Å². The van der Waals surface area contributed by atoms with E-state index in [1.165, 1.54) is 24.4 Å². The normalized spacial score (nSPS) is 11.2. The van der Waals surface area contributed by atoms with Gasteiger partial charge in [-0.15, -0.1) is 0 Å². The van der Waals surface area contributed by atoms with E-state index in [0.29, 0.717) is 11.8 Å². The summed E-state index contributed by atoms with van der Waals surface area (Å²) in [5.74, 6) is -2.20. The van der Waals surface area contributed by atoms with Crippen molar-refractivity contribution in [2.45, 2.75) is 6.18 Å². The Morgan fingerprint density at radius 2 is 1.61 bits per heavy atom. The van der Waals surface area contributed by atoms with Crippen molar-refractivity contribution in [1.82, 2.24) is 4.98 Å². The lowest BCUT2D eigenvalue weighted by Gasteiger charge is -2.10. The van der Waals surface area contributed by atoms with Crippen molar-refractivity contribution in [3.8, 4) is 0 Å². The standard InChI is InChI=1S/C19H12F5N3O/c20-12-3-6-16(15(21)9-12)26-14-7-8-25-17(10-14)18(28)27-13-4-1-11(2-5-13)19(22,23)24/h1-10H,(H,25,26)(H,27,28). The maximum absolute atomic E-state index is 13.7. The van der Waals surface area contributed by atoms with Gasteiger partial charge in [-0.1, -0.05) is 0 Å². The number of alkyl halides is 3. The average molecular weight is 393 g/mol. The molecule has 0 spiro atoms. The molecule has 0 saturated carbocycles. The molecule has 3 aromatic rings. The van der Waals surface area contributed by atoms with Gasteiger partial charge in [-0.2, -0.15) is 13.2 Å². The number of rotatable bonds is 4. The Morgan fingerprint density at radius 1 is 0.893 bits per heavy atom. The third-order valence-corrected chi connectivity index (χ3v) is 3.67. The van der Waals surface area contributed by atoms with Crippen molar-refractivity contribution in [2.24, 2.45) is 0 Å². The number of amides is 1. The van der Waals surface area contributed by atoms with Crippen molar-refractivity contribution in [2.75, 3.05) is 10.6 Å². The molecule has 0 radical (unpaired) electrons. The van der Waals surface area contributed by atoms with Gasteiger partial charge in [0.2, 0.25) is 0 Å². The van der Waals surface area contributed by atoms with Crippen LogP contribution < -0.4 is 10.6 Å². The quantitative estimate of drug-likeness (QED) is 0.586. The lowest BCUT2D eigenvalue weighted by atomic mass is 10.2. The second-order valence-electron chi connectivity index (χ2n) is 5.71. The molecule has 0 fully saturated rings. The summed E-state index contributed by atoms with van der Waals surface area (Å²) in [5.41, 5.74) is -0.411. The van der Waals surface area contributed by atoms with Crippen LogP contribution in [0.2, 0.25) is 0 Å². The van der Waals surface area contributed by atoms with Crippen molar-refractivity contribution in [3.63, 3.8) is 0 Å². The molecule has 28 heavy (non-hydrogen) atoms. The molecule has 1 amide bonds. The Hall–Kier alpha value is -3.49. The molecule has 1 heterocycles. The average Bonchev–Trinajstić information content (AvgIpc) is 2.64. The molecule has 0 saturated heterocycles. The summed E-state index contributed by atoms with van der Waals surface area (Å²) in [6, 6.07) is 9.71. The zero-order valence-corrected chi connectivity index (χ0v) is 14.0. The third kappa shape index (κ3) is 4.61. The molecule has 9 heteroatoms. The first-order valence-electron chi connectivity index (χ1n) is 7.89. The van der Waals surface area contributed by atoms with Crippen LogP contribution in [0, 0.1) is 11.6 Å². The van der Waals surface area contributed by atoms with Crippen LogP contribution in [-0.2, 0) is 6.18 Å². The maximum atomic E-state index is 13.7. The van der Waals surface area contributed by atoms with Crippen molar-refractivity contribution in [1.29, 1.82) is 0 Å². The Labute approximate surface area is 156 Å². The number of anilines is 3. The largest absolute Gasteiger partial charge is 0.416 e. The van der Waals surface area contributed by atoms with Crippen LogP contribution in [0.5, 0.6) is 0 Å². The lowest BCUT2D eigenvalue weighted by molar-refractivity contribution is -0.137. The molecule has 4 nitrogen and oxygen atoms in total. The van der Waals surface area contributed by atoms with Crippen LogP contribution in [0.1, 0.15) is 16.1 Å². The predicted molar refractivity (Wildman–Crippen MR) is 93.3 cm³/mol. The number of carbonyl (C=O) groups excluding carboxylic acids is 1. The highest BCUT2D eigenvalue weighted by Gasteiger charge is 2.30. The van der Waals surface area contributed by atoms with Crippen molar-refractivity contribution >= 4 is 23.0 Å². The van der Waals surface area contributed by atoms with Gasteiger partial charge < -0.3 is 10.6 Å². The van der Waals surface area contributed by atoms with Gasteiger partial charge in [-0.05, 0) is 48.5 Å². The number of hydrogen-bond donors (Lipinski definition) is 2. The minimum Gasteiger partial charge on any atom is -0.353 e. The van der Waals surface area contributed by atoms with Gasteiger partial charge in [0.05, 0.1) is 11.3 Å². The topological polar surface area (TPSA) is 54.0 Å². The number of halogens is 5. The third-order valence-electron chi connectivity index (χ3n) is 3.67. The van der Waals surface area contributed by atoms with E-state index in [2.05, 4.69) is 15.6 Å². The molecule has 0 aliphatic rings. The van der Waals surface area contributed by atoms with E-state index >= 15 is 0 Å². The minimum absolute atomic E-state index is 0.00157. The summed E-state index contributed by atoms with van der Waals surface area (Å²) in [7, 11) is 0. The summed E-state index contributed by atoms with van der Waals surface area (Å²) in [4.78, 5) is 16.1. The fourth-order valence-corrected chi connectivity index (χ4v) is 2.32. The second-order valence-corrected chi connectivity index (χ2v) is 5.71. The summed E-state index contributed by atoms with van der Waals surface area (Å²) in [6.45, 7) is 0. The van der Waals surface area contributed by atoms with Gasteiger partial charge in [0, 0.05) is 23.6 Å². The van der Waals surface area contributed by atoms with Gasteiger partial charge in [0.1, 0.15) is 17.3 Å². The zero-order valence-electron chi connectivity index (χ0n) is 14.0. The Morgan fingerprint density at radius 3 is 2.25 bits per heavy atom. The lowest BCUT2D eigenvalue weighted by Crippen LogP contribution is -2.14. The molecule has 2 N–H and O–H groups in total. The SMILES string of the molecule is O=C(Nc1ccc(C(F)(F)F)cc1)c1cc(Nc2ccc(F)cc2F)ccn1. The van der Waals surface area contributed by atoms with Gasteiger partial charge >= 0.3 is 6.18 Å². The number of carbonyl (C=O) groups is 1. The van der Waals surface area contributed by atoms with Crippen molar-refractivity contribution in [3.05, 3.63) is 83.7 Å². The van der Waals surface area contributed by atoms with E-state index in [1.807, 2.05) is 0 Å². The van der Waals surface area contributed by atoms with E-state index in [-0.39, 0.29) is 17.1 Å². The molecule has 0 bridgehead atoms. The summed E-state index contributed by atoms with van der Waals surface area (Å²) in [6.07, 6.45) is -3.18. The summed E-state index contributed by atoms with van der Waals surface area (Å²) < 4.78 is 64.4. The summed E-state index contributed by atoms with van der Waals surface area (Å²) in [5, 5.41) is 5.12. The molecule has 0 atom stereocenters. The summed E-state index contributed by atoms with van der Waals surface area (Å²) >= 11 is 0. The number of benzene rings is 2. The van der Waals surface area contributed by atoms with Crippen LogP contribution >= 0.6 is 0 Å². The fraction of sp³-hybridized carbons (Fsp3) is 0.0526. The highest BCUT2D eigenvalue weighted by molar-refractivity contribution is 6.03. The second kappa shape index (κ2) is 7.63. The Balaban J connectivity index is 1.73. The molecular weight excluding hydrogens is 381 g/mol. The predicted octanol–water partition coefficient (Wildman–Crippen LogP) is 5.37. The number of hydrogen-bond acceptors (Lipinski definition) is 3. The van der Waals surface area contributed by atoms with Crippen LogP contribution in [0.25, 0.3) is 0 Å². The molecule has 3 rings (SSSR count). The molecule has 1 aromatic heterocycles. The van der Waals surface area contributed by atoms with Crippen LogP contribution in [0.4, 0.5) is 39.0 Å². The van der Waals surface area contributed by atoms with Crippen molar-refractivity contribution < 1.29 is 26.7 Å².